The van der Waals surface area contributed by atoms with Crippen molar-refractivity contribution in [3.05, 3.63) is 72.4 Å². The third kappa shape index (κ3) is 71.0. The monoisotopic (exact) mass is 969 g/mol. The number of hydrogen-bond acceptors (Lipinski definition) is 4. The zero-order valence-electron chi connectivity index (χ0n) is 45.0. The predicted octanol–water partition coefficient (Wildman–Crippen LogP) is 19.7. The first-order chi connectivity index (χ1) is 33.6. The number of benzene rings is 1. The smallest absolute Gasteiger partial charge is 0.335 e. The molecule has 0 bridgehead atoms. The summed E-state index contributed by atoms with van der Waals surface area (Å²) in [5.41, 5.74) is 0.331. The first kappa shape index (κ1) is 69.6. The molecule has 69 heavy (non-hydrogen) atoms. The van der Waals surface area contributed by atoms with Gasteiger partial charge in [0.15, 0.2) is 0 Å². The number of carboxylic acid groups (broad SMARTS) is 4. The molecule has 4 N–H and O–H groups in total. The lowest BCUT2D eigenvalue weighted by molar-refractivity contribution is -0.138. The maximum atomic E-state index is 10.3. The number of rotatable bonds is 46. The Hall–Kier alpha value is -3.68. The molecule has 0 aliphatic rings. The Morgan fingerprint density at radius 1 is 0.304 bits per heavy atom. The number of allylic oxidation sites excluding steroid dienone is 6. The number of hydrogen-bond donors (Lipinski definition) is 4. The Labute approximate surface area is 424 Å². The highest BCUT2D eigenvalue weighted by atomic mass is 16.4. The molecule has 0 aliphatic carbocycles. The number of aromatic carboxylic acids is 1. The van der Waals surface area contributed by atoms with Gasteiger partial charge >= 0.3 is 23.9 Å². The Kier molecular flexibility index (Phi) is 62.9. The van der Waals surface area contributed by atoms with E-state index in [2.05, 4.69) is 57.2 Å². The van der Waals surface area contributed by atoms with E-state index < -0.39 is 23.9 Å². The fourth-order valence-corrected chi connectivity index (χ4v) is 7.62. The van der Waals surface area contributed by atoms with Crippen LogP contribution in [0.1, 0.15) is 301 Å². The second kappa shape index (κ2) is 62.3. The van der Waals surface area contributed by atoms with Gasteiger partial charge in [-0.2, -0.15) is 0 Å². The number of aliphatic carboxylic acids is 3. The van der Waals surface area contributed by atoms with Gasteiger partial charge in [0.2, 0.25) is 0 Å². The fraction of sp³-hybridized carbons (Fsp3) is 0.738. The minimum absolute atomic E-state index is 0.331. The third-order valence-corrected chi connectivity index (χ3v) is 12.0. The maximum Gasteiger partial charge on any atom is 0.335 e. The highest BCUT2D eigenvalue weighted by Gasteiger charge is 1.99. The van der Waals surface area contributed by atoms with E-state index in [9.17, 15) is 19.2 Å². The summed E-state index contributed by atoms with van der Waals surface area (Å²) in [6.45, 7) is 6.78. The molecule has 0 unspecified atom stereocenters. The van der Waals surface area contributed by atoms with Crippen molar-refractivity contribution in [3.63, 3.8) is 0 Å². The molecule has 0 spiro atoms. The predicted molar refractivity (Wildman–Crippen MR) is 295 cm³/mol. The van der Waals surface area contributed by atoms with Gasteiger partial charge in [-0.3, -0.25) is 14.4 Å². The average Bonchev–Trinajstić information content (AvgIpc) is 3.33. The van der Waals surface area contributed by atoms with E-state index >= 15 is 0 Å². The molecule has 1 rings (SSSR count). The average molecular weight is 970 g/mol. The van der Waals surface area contributed by atoms with Gasteiger partial charge in [0.1, 0.15) is 0 Å². The molecule has 0 amide bonds. The molecule has 8 nitrogen and oxygen atoms in total. The van der Waals surface area contributed by atoms with Gasteiger partial charge in [-0.05, 0) is 108 Å². The van der Waals surface area contributed by atoms with Crippen LogP contribution in [0.5, 0.6) is 0 Å². The van der Waals surface area contributed by atoms with Gasteiger partial charge in [0.25, 0.3) is 0 Å². The summed E-state index contributed by atoms with van der Waals surface area (Å²) < 4.78 is 0. The summed E-state index contributed by atoms with van der Waals surface area (Å²) in [6, 6.07) is 8.30. The van der Waals surface area contributed by atoms with E-state index in [0.29, 0.717) is 24.8 Å². The number of unbranched alkanes of at least 4 members (excludes halogenated alkanes) is 33. The normalized spacial score (nSPS) is 10.9. The Bertz CT molecular complexity index is 1180. The molecule has 0 radical (unpaired) electrons. The lowest BCUT2D eigenvalue weighted by atomic mass is 10.1. The first-order valence-corrected chi connectivity index (χ1v) is 28.5. The van der Waals surface area contributed by atoms with E-state index in [1.807, 2.05) is 0 Å². The molecule has 0 saturated carbocycles. The summed E-state index contributed by atoms with van der Waals surface area (Å²) in [4.78, 5) is 41.2. The molecule has 8 heteroatoms. The van der Waals surface area contributed by atoms with Crippen LogP contribution in [-0.4, -0.2) is 44.3 Å². The van der Waals surface area contributed by atoms with Crippen LogP contribution in [0.3, 0.4) is 0 Å². The third-order valence-electron chi connectivity index (χ3n) is 12.0. The van der Waals surface area contributed by atoms with Gasteiger partial charge in [-0.1, -0.05) is 230 Å². The van der Waals surface area contributed by atoms with Crippen LogP contribution in [0, 0.1) is 0 Å². The molecule has 1 aromatic carbocycles. The van der Waals surface area contributed by atoms with Gasteiger partial charge in [-0.25, -0.2) is 4.79 Å². The molecule has 0 aromatic heterocycles. The van der Waals surface area contributed by atoms with Crippen molar-refractivity contribution in [3.8, 4) is 0 Å². The largest absolute Gasteiger partial charge is 0.481 e. The summed E-state index contributed by atoms with van der Waals surface area (Å²) in [6.07, 6.45) is 63.7. The van der Waals surface area contributed by atoms with Crippen LogP contribution in [0.25, 0.3) is 0 Å². The molecule has 0 heterocycles. The highest BCUT2D eigenvalue weighted by molar-refractivity contribution is 5.87. The van der Waals surface area contributed by atoms with Crippen molar-refractivity contribution in [1.82, 2.24) is 0 Å². The van der Waals surface area contributed by atoms with E-state index in [1.165, 1.54) is 212 Å². The van der Waals surface area contributed by atoms with Crippen LogP contribution < -0.4 is 0 Å². The Morgan fingerprint density at radius 2 is 0.507 bits per heavy atom. The zero-order valence-corrected chi connectivity index (χ0v) is 45.0. The quantitative estimate of drug-likeness (QED) is 0.0373. The van der Waals surface area contributed by atoms with E-state index in [1.54, 1.807) is 30.3 Å². The van der Waals surface area contributed by atoms with Gasteiger partial charge in [-0.15, -0.1) is 0 Å². The van der Waals surface area contributed by atoms with Crippen molar-refractivity contribution < 1.29 is 39.6 Å². The van der Waals surface area contributed by atoms with E-state index in [0.717, 1.165) is 38.5 Å². The second-order valence-corrected chi connectivity index (χ2v) is 18.9. The molecular weight excluding hydrogens is 861 g/mol. The minimum atomic E-state index is -0.879. The first-order valence-electron chi connectivity index (χ1n) is 28.5. The van der Waals surface area contributed by atoms with Crippen molar-refractivity contribution in [2.75, 3.05) is 0 Å². The van der Waals surface area contributed by atoms with Crippen molar-refractivity contribution in [2.24, 2.45) is 0 Å². The van der Waals surface area contributed by atoms with Gasteiger partial charge in [0.05, 0.1) is 5.56 Å². The summed E-state index contributed by atoms with van der Waals surface area (Å²) in [5.74, 6) is -2.87. The molecule has 1 aromatic rings. The molecule has 0 fully saturated rings. The van der Waals surface area contributed by atoms with Crippen LogP contribution >= 0.6 is 0 Å². The SMILES string of the molecule is CCCCCCCCC=CCCCCCCCC(=O)O.CCCCCCCCC=CCCCCCCCC(=O)O.CCCCCCCCC=CCCCCCCCC(=O)O.O=C(O)c1ccccc1. The zero-order chi connectivity index (χ0) is 51.4. The topological polar surface area (TPSA) is 149 Å². The molecule has 0 saturated heterocycles. The van der Waals surface area contributed by atoms with Crippen molar-refractivity contribution in [2.45, 2.75) is 290 Å². The Morgan fingerprint density at radius 3 is 0.696 bits per heavy atom. The lowest BCUT2D eigenvalue weighted by Gasteiger charge is -1.99. The fourth-order valence-electron chi connectivity index (χ4n) is 7.62. The van der Waals surface area contributed by atoms with Gasteiger partial charge < -0.3 is 20.4 Å². The number of carbonyl (C=O) groups is 4. The lowest BCUT2D eigenvalue weighted by Crippen LogP contribution is -1.93. The highest BCUT2D eigenvalue weighted by Crippen LogP contribution is 2.13. The summed E-state index contributed by atoms with van der Waals surface area (Å²) >= 11 is 0. The number of carboxylic acids is 4. The van der Waals surface area contributed by atoms with Crippen LogP contribution in [0.15, 0.2) is 66.8 Å². The summed E-state index contributed by atoms with van der Waals surface area (Å²) in [5, 5.41) is 33.9. The molecule has 0 aliphatic heterocycles. The van der Waals surface area contributed by atoms with E-state index in [-0.39, 0.29) is 0 Å². The summed E-state index contributed by atoms with van der Waals surface area (Å²) in [7, 11) is 0. The molecular formula is C61H108O8. The van der Waals surface area contributed by atoms with Crippen LogP contribution in [0.4, 0.5) is 0 Å². The van der Waals surface area contributed by atoms with Crippen LogP contribution in [0.2, 0.25) is 0 Å². The standard InChI is InChI=1S/3C18H34O2.C7H6O2/c3*1-2-3-4-5-6-7-8-9-10-11-12-13-14-15-16-17-18(19)20;8-7(9)6-4-2-1-3-5-6/h3*9-10H,2-8,11-17H2,1H3,(H,19,20);1-5H,(H,8,9). The molecule has 400 valence electrons. The maximum absolute atomic E-state index is 10.3. The second-order valence-electron chi connectivity index (χ2n) is 18.9. The van der Waals surface area contributed by atoms with Crippen LogP contribution in [-0.2, 0) is 14.4 Å². The minimum Gasteiger partial charge on any atom is -0.481 e. The van der Waals surface area contributed by atoms with Crippen molar-refractivity contribution in [1.29, 1.82) is 0 Å². The van der Waals surface area contributed by atoms with Gasteiger partial charge in [0, 0.05) is 19.3 Å². The molecule has 0 atom stereocenters. The van der Waals surface area contributed by atoms with Crippen molar-refractivity contribution >= 4 is 23.9 Å². The Balaban J connectivity index is -0.000000867. The van der Waals surface area contributed by atoms with E-state index in [4.69, 9.17) is 20.4 Å².